The van der Waals surface area contributed by atoms with Gasteiger partial charge in [-0.1, -0.05) is 48.0 Å². The van der Waals surface area contributed by atoms with Crippen LogP contribution in [0.3, 0.4) is 0 Å². The van der Waals surface area contributed by atoms with Crippen LogP contribution in [0, 0.1) is 5.82 Å². The third kappa shape index (κ3) is 5.14. The Bertz CT molecular complexity index is 1050. The minimum Gasteiger partial charge on any atom is -0.443 e. The average molecular weight is 442 g/mol. The Morgan fingerprint density at radius 2 is 1.97 bits per heavy atom. The molecule has 1 atom stereocenters. The summed E-state index contributed by atoms with van der Waals surface area (Å²) in [5.74, 6) is 1.02. The Morgan fingerprint density at radius 3 is 2.74 bits per heavy atom. The van der Waals surface area contributed by atoms with Crippen molar-refractivity contribution in [3.63, 3.8) is 0 Å². The summed E-state index contributed by atoms with van der Waals surface area (Å²) in [5.41, 5.74) is 1.55. The Morgan fingerprint density at radius 1 is 1.23 bits per heavy atom. The third-order valence-corrected chi connectivity index (χ3v) is 5.92. The molecule has 0 unspecified atom stereocenters. The lowest BCUT2D eigenvalue weighted by atomic mass is 10.1. The second kappa shape index (κ2) is 9.62. The van der Waals surface area contributed by atoms with E-state index < -0.39 is 0 Å². The van der Waals surface area contributed by atoms with Crippen LogP contribution in [0.2, 0.25) is 5.02 Å². The highest BCUT2D eigenvalue weighted by molar-refractivity contribution is 6.31. The van der Waals surface area contributed by atoms with Crippen LogP contribution in [-0.4, -0.2) is 40.8 Å². The summed E-state index contributed by atoms with van der Waals surface area (Å²) in [6.07, 6.45) is 3.98. The van der Waals surface area contributed by atoms with Crippen molar-refractivity contribution in [1.29, 1.82) is 0 Å². The third-order valence-electron chi connectivity index (χ3n) is 5.56. The number of aromatic nitrogens is 1. The molecule has 1 saturated heterocycles. The van der Waals surface area contributed by atoms with Crippen LogP contribution in [0.4, 0.5) is 4.39 Å². The van der Waals surface area contributed by atoms with E-state index in [-0.39, 0.29) is 24.3 Å². The largest absolute Gasteiger partial charge is 0.443 e. The highest BCUT2D eigenvalue weighted by Crippen LogP contribution is 2.32. The van der Waals surface area contributed by atoms with Crippen molar-refractivity contribution in [1.82, 2.24) is 14.8 Å². The Labute approximate surface area is 186 Å². The first-order chi connectivity index (χ1) is 15.0. The van der Waals surface area contributed by atoms with E-state index in [1.165, 1.54) is 6.07 Å². The lowest BCUT2D eigenvalue weighted by molar-refractivity contribution is -0.133. The van der Waals surface area contributed by atoms with Gasteiger partial charge in [0.15, 0.2) is 0 Å². The topological polar surface area (TPSA) is 49.6 Å². The maximum Gasteiger partial charge on any atom is 0.237 e. The smallest absolute Gasteiger partial charge is 0.237 e. The first-order valence-electron chi connectivity index (χ1n) is 10.4. The van der Waals surface area contributed by atoms with Gasteiger partial charge in [-0.2, -0.15) is 0 Å². The molecule has 1 fully saturated rings. The zero-order valence-corrected chi connectivity index (χ0v) is 18.2. The summed E-state index contributed by atoms with van der Waals surface area (Å²) in [7, 11) is 1.82. The molecule has 1 aliphatic heterocycles. The summed E-state index contributed by atoms with van der Waals surface area (Å²) in [6.45, 7) is 1.25. The van der Waals surface area contributed by atoms with E-state index in [1.807, 2.05) is 41.1 Å². The van der Waals surface area contributed by atoms with Gasteiger partial charge in [-0.3, -0.25) is 9.69 Å². The minimum atomic E-state index is -0.258. The fraction of sp³-hybridized carbons (Fsp3) is 0.333. The number of likely N-dealkylation sites (N-methyl/N-ethyl adjacent to an activating group) is 1. The van der Waals surface area contributed by atoms with E-state index in [2.05, 4.69) is 4.98 Å². The predicted molar refractivity (Wildman–Crippen MR) is 117 cm³/mol. The first kappa shape index (κ1) is 21.5. The van der Waals surface area contributed by atoms with E-state index in [0.29, 0.717) is 36.0 Å². The number of oxazole rings is 1. The van der Waals surface area contributed by atoms with Crippen LogP contribution in [0.5, 0.6) is 0 Å². The molecule has 1 aliphatic rings. The van der Waals surface area contributed by atoms with E-state index in [0.717, 1.165) is 24.2 Å². The number of amides is 1. The molecule has 4 rings (SSSR count). The maximum atomic E-state index is 13.9. The van der Waals surface area contributed by atoms with Gasteiger partial charge < -0.3 is 9.32 Å². The molecule has 7 heteroatoms. The fourth-order valence-corrected chi connectivity index (χ4v) is 4.21. The monoisotopic (exact) mass is 441 g/mol. The number of rotatable bonds is 7. The van der Waals surface area contributed by atoms with Crippen molar-refractivity contribution in [2.75, 3.05) is 20.1 Å². The highest BCUT2D eigenvalue weighted by atomic mass is 35.5. The summed E-state index contributed by atoms with van der Waals surface area (Å²) < 4.78 is 19.9. The van der Waals surface area contributed by atoms with Crippen molar-refractivity contribution < 1.29 is 13.6 Å². The van der Waals surface area contributed by atoms with Gasteiger partial charge in [-0.25, -0.2) is 9.37 Å². The van der Waals surface area contributed by atoms with Gasteiger partial charge in [0.2, 0.25) is 11.8 Å². The molecule has 0 aliphatic carbocycles. The van der Waals surface area contributed by atoms with Crippen LogP contribution in [-0.2, 0) is 17.8 Å². The first-order valence-corrected chi connectivity index (χ1v) is 10.8. The van der Waals surface area contributed by atoms with Crippen molar-refractivity contribution in [3.05, 3.63) is 88.3 Å². The number of halogens is 2. The SMILES string of the molecule is CN(CC(=O)N1CCC[C@H]1c1ncc(Cc2ccccc2Cl)o1)Cc1ccccc1F. The molecule has 5 nitrogen and oxygen atoms in total. The summed E-state index contributed by atoms with van der Waals surface area (Å²) in [4.78, 5) is 21.1. The number of likely N-dealkylation sites (tertiary alicyclic amines) is 1. The highest BCUT2D eigenvalue weighted by Gasteiger charge is 2.33. The number of hydrogen-bond donors (Lipinski definition) is 0. The molecule has 31 heavy (non-hydrogen) atoms. The fourth-order valence-electron chi connectivity index (χ4n) is 4.00. The molecule has 1 amide bonds. The van der Waals surface area contributed by atoms with Gasteiger partial charge >= 0.3 is 0 Å². The summed E-state index contributed by atoms with van der Waals surface area (Å²) >= 11 is 6.25. The van der Waals surface area contributed by atoms with Gasteiger partial charge in [0.05, 0.1) is 12.7 Å². The Hall–Kier alpha value is -2.70. The minimum absolute atomic E-state index is 0.00723. The van der Waals surface area contributed by atoms with E-state index in [9.17, 15) is 9.18 Å². The lowest BCUT2D eigenvalue weighted by Crippen LogP contribution is -2.38. The van der Waals surface area contributed by atoms with Crippen LogP contribution < -0.4 is 0 Å². The normalized spacial score (nSPS) is 16.3. The zero-order valence-electron chi connectivity index (χ0n) is 17.4. The number of carbonyl (C=O) groups excluding carboxylic acids is 1. The summed E-state index contributed by atoms with van der Waals surface area (Å²) in [6, 6.07) is 14.1. The van der Waals surface area contributed by atoms with Gasteiger partial charge in [-0.05, 0) is 37.6 Å². The Balaban J connectivity index is 1.39. The number of nitrogens with zero attached hydrogens (tertiary/aromatic N) is 3. The molecule has 162 valence electrons. The molecule has 2 heterocycles. The van der Waals surface area contributed by atoms with Gasteiger partial charge in [-0.15, -0.1) is 0 Å². The van der Waals surface area contributed by atoms with Crippen LogP contribution in [0.25, 0.3) is 0 Å². The molecule has 0 saturated carbocycles. The molecule has 0 radical (unpaired) electrons. The van der Waals surface area contributed by atoms with Gasteiger partial charge in [0, 0.05) is 30.1 Å². The Kier molecular flexibility index (Phi) is 6.68. The molecular weight excluding hydrogens is 417 g/mol. The van der Waals surface area contributed by atoms with Crippen LogP contribution in [0.15, 0.2) is 59.1 Å². The second-order valence-corrected chi connectivity index (χ2v) is 8.35. The zero-order chi connectivity index (χ0) is 21.8. The molecule has 2 aromatic carbocycles. The maximum absolute atomic E-state index is 13.9. The standard InChI is InChI=1S/C24H25ClFN3O2/c1-28(15-18-8-3-5-10-21(18)26)16-23(30)29-12-6-11-22(29)24-27-14-19(31-24)13-17-7-2-4-9-20(17)25/h2-5,7-10,14,22H,6,11-13,15-16H2,1H3/t22-/m0/s1. The van der Waals surface area contributed by atoms with E-state index >= 15 is 0 Å². The van der Waals surface area contributed by atoms with E-state index in [4.69, 9.17) is 16.0 Å². The number of hydrogen-bond acceptors (Lipinski definition) is 4. The van der Waals surface area contributed by atoms with Crippen molar-refractivity contribution in [2.24, 2.45) is 0 Å². The quantitative estimate of drug-likeness (QED) is 0.525. The van der Waals surface area contributed by atoms with E-state index in [1.54, 1.807) is 24.4 Å². The van der Waals surface area contributed by atoms with Crippen LogP contribution in [0.1, 0.15) is 41.7 Å². The van der Waals surface area contributed by atoms with Crippen molar-refractivity contribution >= 4 is 17.5 Å². The van der Waals surface area contributed by atoms with Crippen molar-refractivity contribution in [2.45, 2.75) is 31.8 Å². The van der Waals surface area contributed by atoms with Gasteiger partial charge in [0.1, 0.15) is 17.6 Å². The van der Waals surface area contributed by atoms with Gasteiger partial charge in [0.25, 0.3) is 0 Å². The number of carbonyl (C=O) groups is 1. The van der Waals surface area contributed by atoms with Crippen molar-refractivity contribution in [3.8, 4) is 0 Å². The summed E-state index contributed by atoms with van der Waals surface area (Å²) in [5, 5.41) is 0.691. The predicted octanol–water partition coefficient (Wildman–Crippen LogP) is 4.85. The lowest BCUT2D eigenvalue weighted by Gasteiger charge is -2.25. The second-order valence-electron chi connectivity index (χ2n) is 7.94. The molecule has 0 N–H and O–H groups in total. The molecule has 0 bridgehead atoms. The molecule has 1 aromatic heterocycles. The molecule has 3 aromatic rings. The molecule has 0 spiro atoms. The average Bonchev–Trinajstić information content (AvgIpc) is 3.41. The molecular formula is C24H25ClFN3O2. The van der Waals surface area contributed by atoms with Crippen LogP contribution >= 0.6 is 11.6 Å². The number of benzene rings is 2.